The van der Waals surface area contributed by atoms with Crippen molar-refractivity contribution in [3.8, 4) is 0 Å². The van der Waals surface area contributed by atoms with Gasteiger partial charge in [-0.1, -0.05) is 19.1 Å². The molecular weight excluding hydrogens is 274 g/mol. The Kier molecular flexibility index (Phi) is 4.92. The van der Waals surface area contributed by atoms with Crippen molar-refractivity contribution >= 4 is 23.5 Å². The van der Waals surface area contributed by atoms with Crippen molar-refractivity contribution in [2.75, 3.05) is 11.5 Å². The van der Waals surface area contributed by atoms with E-state index < -0.39 is 17.7 Å². The largest absolute Gasteiger partial charge is 0.392 e. The molecule has 0 bridgehead atoms. The van der Waals surface area contributed by atoms with Crippen LogP contribution < -0.4 is 0 Å². The molecule has 1 saturated heterocycles. The molecule has 1 nitrogen and oxygen atoms in total. The first-order valence-electron chi connectivity index (χ1n) is 5.93. The van der Waals surface area contributed by atoms with Gasteiger partial charge in [0.1, 0.15) is 0 Å². The van der Waals surface area contributed by atoms with E-state index >= 15 is 0 Å². The van der Waals surface area contributed by atoms with Crippen LogP contribution in [0.15, 0.2) is 18.2 Å². The molecule has 1 N–H and O–H groups in total. The van der Waals surface area contributed by atoms with Gasteiger partial charge in [0.15, 0.2) is 11.6 Å². The second-order valence-corrected chi connectivity index (χ2v) is 7.17. The van der Waals surface area contributed by atoms with Gasteiger partial charge in [0, 0.05) is 28.4 Å². The molecule has 5 heteroatoms. The predicted octanol–water partition coefficient (Wildman–Crippen LogP) is 3.11. The number of aliphatic hydroxyl groups is 1. The van der Waals surface area contributed by atoms with E-state index in [1.165, 1.54) is 12.1 Å². The molecule has 1 aliphatic rings. The van der Waals surface area contributed by atoms with Gasteiger partial charge >= 0.3 is 0 Å². The smallest absolute Gasteiger partial charge is 0.162 e. The van der Waals surface area contributed by atoms with E-state index in [1.54, 1.807) is 11.8 Å². The molecule has 2 rings (SSSR count). The molecule has 0 saturated carbocycles. The third kappa shape index (κ3) is 3.19. The van der Waals surface area contributed by atoms with Gasteiger partial charge in [0.2, 0.25) is 0 Å². The van der Waals surface area contributed by atoms with E-state index in [0.29, 0.717) is 5.25 Å². The molecule has 3 unspecified atom stereocenters. The summed E-state index contributed by atoms with van der Waals surface area (Å²) in [6.07, 6.45) is -0.458. The third-order valence-corrected chi connectivity index (χ3v) is 6.31. The standard InChI is InChI=1S/C13H16F2OS2/c1-8-13(18-6-5-17-8)11(16)7-9-3-2-4-10(14)12(9)15/h2-4,8,11,13,16H,5-7H2,1H3. The zero-order valence-corrected chi connectivity index (χ0v) is 11.7. The summed E-state index contributed by atoms with van der Waals surface area (Å²) in [5.41, 5.74) is 0.255. The molecule has 0 spiro atoms. The van der Waals surface area contributed by atoms with Gasteiger partial charge in [-0.15, -0.1) is 0 Å². The first-order chi connectivity index (χ1) is 8.59. The fourth-order valence-electron chi connectivity index (χ4n) is 2.12. The second-order valence-electron chi connectivity index (χ2n) is 4.40. The highest BCUT2D eigenvalue weighted by Crippen LogP contribution is 2.34. The van der Waals surface area contributed by atoms with E-state index in [9.17, 15) is 13.9 Å². The zero-order chi connectivity index (χ0) is 13.1. The first-order valence-corrected chi connectivity index (χ1v) is 8.03. The van der Waals surface area contributed by atoms with E-state index in [1.807, 2.05) is 11.8 Å². The Morgan fingerprint density at radius 1 is 1.33 bits per heavy atom. The number of hydrogen-bond donors (Lipinski definition) is 1. The third-order valence-electron chi connectivity index (χ3n) is 3.08. The molecule has 1 heterocycles. The van der Waals surface area contributed by atoms with Crippen molar-refractivity contribution in [2.45, 2.75) is 29.9 Å². The van der Waals surface area contributed by atoms with Crippen molar-refractivity contribution in [2.24, 2.45) is 0 Å². The number of rotatable bonds is 3. The number of benzene rings is 1. The number of halogens is 2. The summed E-state index contributed by atoms with van der Waals surface area (Å²) < 4.78 is 26.6. The average molecular weight is 290 g/mol. The molecule has 1 fully saturated rings. The van der Waals surface area contributed by atoms with Gasteiger partial charge in [-0.3, -0.25) is 0 Å². The Bertz CT molecular complexity index is 414. The molecule has 1 aromatic carbocycles. The fourth-order valence-corrected chi connectivity index (χ4v) is 4.97. The van der Waals surface area contributed by atoms with E-state index in [4.69, 9.17) is 0 Å². The Morgan fingerprint density at radius 3 is 2.78 bits per heavy atom. The van der Waals surface area contributed by atoms with Crippen molar-refractivity contribution in [3.63, 3.8) is 0 Å². The monoisotopic (exact) mass is 290 g/mol. The summed E-state index contributed by atoms with van der Waals surface area (Å²) in [5.74, 6) is 0.405. The molecule has 0 radical (unpaired) electrons. The lowest BCUT2D eigenvalue weighted by Gasteiger charge is -2.31. The van der Waals surface area contributed by atoms with Gasteiger partial charge in [0.25, 0.3) is 0 Å². The maximum atomic E-state index is 13.5. The molecule has 18 heavy (non-hydrogen) atoms. The lowest BCUT2D eigenvalue weighted by molar-refractivity contribution is 0.170. The number of hydrogen-bond acceptors (Lipinski definition) is 3. The summed E-state index contributed by atoms with van der Waals surface area (Å²) in [6.45, 7) is 2.08. The Balaban J connectivity index is 2.06. The van der Waals surface area contributed by atoms with Crippen molar-refractivity contribution < 1.29 is 13.9 Å². The molecule has 1 aromatic rings. The summed E-state index contributed by atoms with van der Waals surface area (Å²) in [7, 11) is 0. The normalized spacial score (nSPS) is 26.0. The lowest BCUT2D eigenvalue weighted by atomic mass is 10.0. The summed E-state index contributed by atoms with van der Waals surface area (Å²) in [5, 5.41) is 10.6. The quantitative estimate of drug-likeness (QED) is 0.924. The second kappa shape index (κ2) is 6.26. The van der Waals surface area contributed by atoms with Crippen molar-refractivity contribution in [1.29, 1.82) is 0 Å². The molecule has 0 aliphatic carbocycles. The minimum absolute atomic E-state index is 0.0893. The lowest BCUT2D eigenvalue weighted by Crippen LogP contribution is -2.36. The van der Waals surface area contributed by atoms with Crippen LogP contribution in [-0.4, -0.2) is 33.2 Å². The molecular formula is C13H16F2OS2. The molecule has 0 amide bonds. The van der Waals surface area contributed by atoms with Crippen LogP contribution in [-0.2, 0) is 6.42 Å². The van der Waals surface area contributed by atoms with E-state index in [2.05, 4.69) is 6.92 Å². The highest BCUT2D eigenvalue weighted by Gasteiger charge is 2.29. The Hall–Kier alpha value is -0.260. The van der Waals surface area contributed by atoms with Crippen LogP contribution in [0.5, 0.6) is 0 Å². The Morgan fingerprint density at radius 2 is 2.06 bits per heavy atom. The van der Waals surface area contributed by atoms with Crippen LogP contribution in [0, 0.1) is 11.6 Å². The van der Waals surface area contributed by atoms with Gasteiger partial charge in [-0.2, -0.15) is 23.5 Å². The maximum absolute atomic E-state index is 13.5. The topological polar surface area (TPSA) is 20.2 Å². The molecule has 0 aromatic heterocycles. The SMILES string of the molecule is CC1SCCSC1C(O)Cc1cccc(F)c1F. The minimum atomic E-state index is -0.849. The van der Waals surface area contributed by atoms with Crippen LogP contribution in [0.4, 0.5) is 8.78 Å². The highest BCUT2D eigenvalue weighted by atomic mass is 32.2. The number of aliphatic hydroxyl groups excluding tert-OH is 1. The Labute approximate surface area is 114 Å². The summed E-state index contributed by atoms with van der Waals surface area (Å²) >= 11 is 3.55. The van der Waals surface area contributed by atoms with Crippen molar-refractivity contribution in [1.82, 2.24) is 0 Å². The highest BCUT2D eigenvalue weighted by molar-refractivity contribution is 8.07. The van der Waals surface area contributed by atoms with Crippen LogP contribution in [0.2, 0.25) is 0 Å². The zero-order valence-electron chi connectivity index (χ0n) is 10.1. The molecule has 1 aliphatic heterocycles. The predicted molar refractivity (Wildman–Crippen MR) is 74.2 cm³/mol. The van der Waals surface area contributed by atoms with E-state index in [-0.39, 0.29) is 17.2 Å². The molecule has 3 atom stereocenters. The van der Waals surface area contributed by atoms with Crippen LogP contribution >= 0.6 is 23.5 Å². The van der Waals surface area contributed by atoms with Gasteiger partial charge in [-0.25, -0.2) is 8.78 Å². The van der Waals surface area contributed by atoms with Crippen LogP contribution in [0.25, 0.3) is 0 Å². The summed E-state index contributed by atoms with van der Waals surface area (Å²) in [4.78, 5) is 0. The van der Waals surface area contributed by atoms with E-state index in [0.717, 1.165) is 17.6 Å². The number of thioether (sulfide) groups is 2. The maximum Gasteiger partial charge on any atom is 0.162 e. The van der Waals surface area contributed by atoms with Gasteiger partial charge in [0.05, 0.1) is 6.10 Å². The van der Waals surface area contributed by atoms with Crippen LogP contribution in [0.1, 0.15) is 12.5 Å². The summed E-state index contributed by atoms with van der Waals surface area (Å²) in [6, 6.07) is 4.11. The molecule has 100 valence electrons. The van der Waals surface area contributed by atoms with Crippen molar-refractivity contribution in [3.05, 3.63) is 35.4 Å². The minimum Gasteiger partial charge on any atom is -0.392 e. The van der Waals surface area contributed by atoms with Crippen LogP contribution in [0.3, 0.4) is 0 Å². The first kappa shape index (κ1) is 14.2. The average Bonchev–Trinajstić information content (AvgIpc) is 2.35. The fraction of sp³-hybridized carbons (Fsp3) is 0.538. The van der Waals surface area contributed by atoms with Gasteiger partial charge in [-0.05, 0) is 11.6 Å². The van der Waals surface area contributed by atoms with Gasteiger partial charge < -0.3 is 5.11 Å².